The van der Waals surface area contributed by atoms with E-state index in [1.54, 1.807) is 56.6 Å². The first kappa shape index (κ1) is 20.0. The molecule has 0 aromatic heterocycles. The van der Waals surface area contributed by atoms with Crippen molar-refractivity contribution < 1.29 is 28.8 Å². The van der Waals surface area contributed by atoms with Crippen LogP contribution in [0.4, 0.5) is 0 Å². The van der Waals surface area contributed by atoms with Gasteiger partial charge in [-0.05, 0) is 42.0 Å². The van der Waals surface area contributed by atoms with E-state index in [0.717, 1.165) is 5.56 Å². The number of rotatable bonds is 6. The number of hydrogen-bond acceptors (Lipinski definition) is 6. The minimum atomic E-state index is -0.533. The van der Waals surface area contributed by atoms with E-state index in [1.165, 1.54) is 0 Å². The molecule has 3 rings (SSSR count). The minimum Gasteiger partial charge on any atom is -0.497 e. The zero-order valence-corrected chi connectivity index (χ0v) is 16.3. The van der Waals surface area contributed by atoms with Gasteiger partial charge in [0.2, 0.25) is 0 Å². The van der Waals surface area contributed by atoms with Crippen LogP contribution in [0, 0.1) is 0 Å². The molecule has 1 aliphatic heterocycles. The number of morpholine rings is 1. The molecule has 1 amide bonds. The third-order valence-corrected chi connectivity index (χ3v) is 4.88. The summed E-state index contributed by atoms with van der Waals surface area (Å²) in [5.74, 6) is 1.70. The molecule has 0 bridgehead atoms. The Balaban J connectivity index is 1.97. The minimum absolute atomic E-state index is 0.135. The van der Waals surface area contributed by atoms with E-state index in [4.69, 9.17) is 18.9 Å². The Labute approximate surface area is 164 Å². The summed E-state index contributed by atoms with van der Waals surface area (Å²) in [7, 11) is 4.71. The van der Waals surface area contributed by atoms with Crippen molar-refractivity contribution in [3.05, 3.63) is 53.6 Å². The van der Waals surface area contributed by atoms with Crippen molar-refractivity contribution in [2.24, 2.45) is 0 Å². The van der Waals surface area contributed by atoms with E-state index in [1.807, 2.05) is 12.1 Å². The molecular weight excluding hydrogens is 362 g/mol. The number of ether oxygens (including phenoxy) is 4. The molecule has 0 radical (unpaired) electrons. The first-order valence-corrected chi connectivity index (χ1v) is 9.02. The Morgan fingerprint density at radius 1 is 1.07 bits per heavy atom. The zero-order valence-electron chi connectivity index (χ0n) is 16.3. The highest BCUT2D eigenvalue weighted by molar-refractivity contribution is 5.94. The molecule has 0 unspecified atom stereocenters. The standard InChI is InChI=1S/C21H25NO6/c1-25-16-7-4-14(5-8-16)21(24)22-10-11-28-19(13-23)20(22)15-6-9-17(26-2)18(12-15)27-3/h4-9,12,19-20,23H,10-11,13H2,1-3H3/t19-,20-/m1/s1. The summed E-state index contributed by atoms with van der Waals surface area (Å²) in [4.78, 5) is 14.9. The van der Waals surface area contributed by atoms with Crippen LogP contribution < -0.4 is 14.2 Å². The first-order valence-electron chi connectivity index (χ1n) is 9.02. The molecule has 7 nitrogen and oxygen atoms in total. The Morgan fingerprint density at radius 2 is 1.79 bits per heavy atom. The van der Waals surface area contributed by atoms with Gasteiger partial charge in [-0.3, -0.25) is 4.79 Å². The molecule has 150 valence electrons. The Hall–Kier alpha value is -2.77. The van der Waals surface area contributed by atoms with Gasteiger partial charge < -0.3 is 29.0 Å². The Kier molecular flexibility index (Phi) is 6.38. The van der Waals surface area contributed by atoms with E-state index < -0.39 is 12.1 Å². The molecule has 1 N–H and O–H groups in total. The summed E-state index contributed by atoms with van der Waals surface area (Å²) in [6.45, 7) is 0.572. The van der Waals surface area contributed by atoms with Gasteiger partial charge in [0.15, 0.2) is 11.5 Å². The van der Waals surface area contributed by atoms with E-state index in [9.17, 15) is 9.90 Å². The van der Waals surface area contributed by atoms with Crippen molar-refractivity contribution in [3.8, 4) is 17.2 Å². The normalized spacial score (nSPS) is 19.2. The lowest BCUT2D eigenvalue weighted by Crippen LogP contribution is -2.49. The maximum atomic E-state index is 13.2. The number of methoxy groups -OCH3 is 3. The zero-order chi connectivity index (χ0) is 20.1. The van der Waals surface area contributed by atoms with Crippen molar-refractivity contribution in [2.45, 2.75) is 12.1 Å². The predicted molar refractivity (Wildman–Crippen MR) is 103 cm³/mol. The number of benzene rings is 2. The average molecular weight is 387 g/mol. The number of aliphatic hydroxyl groups is 1. The summed E-state index contributed by atoms with van der Waals surface area (Å²) in [5, 5.41) is 9.85. The molecular formula is C21H25NO6. The second kappa shape index (κ2) is 8.95. The fraction of sp³-hybridized carbons (Fsp3) is 0.381. The Morgan fingerprint density at radius 3 is 2.39 bits per heavy atom. The van der Waals surface area contributed by atoms with E-state index >= 15 is 0 Å². The lowest BCUT2D eigenvalue weighted by Gasteiger charge is -2.41. The first-order chi connectivity index (χ1) is 13.6. The average Bonchev–Trinajstić information content (AvgIpc) is 2.77. The molecule has 28 heavy (non-hydrogen) atoms. The van der Waals surface area contributed by atoms with Gasteiger partial charge in [-0.1, -0.05) is 6.07 Å². The highest BCUT2D eigenvalue weighted by Crippen LogP contribution is 2.36. The summed E-state index contributed by atoms with van der Waals surface area (Å²) in [5.41, 5.74) is 1.35. The summed E-state index contributed by atoms with van der Waals surface area (Å²) in [6, 6.07) is 12.0. The Bertz CT molecular complexity index is 807. The molecule has 1 fully saturated rings. The van der Waals surface area contributed by atoms with Crippen molar-refractivity contribution >= 4 is 5.91 Å². The fourth-order valence-electron chi connectivity index (χ4n) is 3.44. The molecule has 0 aliphatic carbocycles. The van der Waals surface area contributed by atoms with E-state index in [-0.39, 0.29) is 12.5 Å². The van der Waals surface area contributed by atoms with Crippen LogP contribution in [0.5, 0.6) is 17.2 Å². The van der Waals surface area contributed by atoms with Crippen LogP contribution in [-0.4, -0.2) is 63.1 Å². The molecule has 1 aliphatic rings. The number of carbonyl (C=O) groups is 1. The van der Waals surface area contributed by atoms with Gasteiger partial charge >= 0.3 is 0 Å². The number of carbonyl (C=O) groups excluding carboxylic acids is 1. The van der Waals surface area contributed by atoms with Gasteiger partial charge in [0.25, 0.3) is 5.91 Å². The second-order valence-electron chi connectivity index (χ2n) is 6.38. The lowest BCUT2D eigenvalue weighted by molar-refractivity contribution is -0.0811. The smallest absolute Gasteiger partial charge is 0.254 e. The van der Waals surface area contributed by atoms with Crippen LogP contribution in [0.15, 0.2) is 42.5 Å². The number of hydrogen-bond donors (Lipinski definition) is 1. The largest absolute Gasteiger partial charge is 0.497 e. The molecule has 2 aromatic carbocycles. The van der Waals surface area contributed by atoms with Crippen molar-refractivity contribution in [3.63, 3.8) is 0 Å². The highest BCUT2D eigenvalue weighted by atomic mass is 16.5. The van der Waals surface area contributed by atoms with Crippen LogP contribution in [-0.2, 0) is 4.74 Å². The summed E-state index contributed by atoms with van der Waals surface area (Å²) < 4.78 is 21.6. The van der Waals surface area contributed by atoms with Crippen LogP contribution >= 0.6 is 0 Å². The third kappa shape index (κ3) is 3.90. The van der Waals surface area contributed by atoms with Gasteiger partial charge in [-0.25, -0.2) is 0 Å². The van der Waals surface area contributed by atoms with Crippen molar-refractivity contribution in [1.82, 2.24) is 4.90 Å². The molecule has 0 saturated carbocycles. The predicted octanol–water partition coefficient (Wildman–Crippen LogP) is 2.29. The maximum Gasteiger partial charge on any atom is 0.254 e. The number of nitrogens with zero attached hydrogens (tertiary/aromatic N) is 1. The molecule has 7 heteroatoms. The SMILES string of the molecule is COc1ccc(C(=O)N2CCO[C@H](CO)[C@H]2c2ccc(OC)c(OC)c2)cc1. The molecule has 1 heterocycles. The molecule has 2 aromatic rings. The second-order valence-corrected chi connectivity index (χ2v) is 6.38. The van der Waals surface area contributed by atoms with Gasteiger partial charge in [0, 0.05) is 12.1 Å². The molecule has 0 spiro atoms. The van der Waals surface area contributed by atoms with Gasteiger partial charge in [-0.2, -0.15) is 0 Å². The van der Waals surface area contributed by atoms with Gasteiger partial charge in [0.05, 0.1) is 40.6 Å². The number of amides is 1. The van der Waals surface area contributed by atoms with Gasteiger partial charge in [0.1, 0.15) is 11.9 Å². The summed E-state index contributed by atoms with van der Waals surface area (Å²) >= 11 is 0. The van der Waals surface area contributed by atoms with Gasteiger partial charge in [-0.15, -0.1) is 0 Å². The van der Waals surface area contributed by atoms with Crippen LogP contribution in [0.25, 0.3) is 0 Å². The van der Waals surface area contributed by atoms with Crippen LogP contribution in [0.1, 0.15) is 22.0 Å². The highest BCUT2D eigenvalue weighted by Gasteiger charge is 2.37. The summed E-state index contributed by atoms with van der Waals surface area (Å²) in [6.07, 6.45) is -0.533. The maximum absolute atomic E-state index is 13.2. The lowest BCUT2D eigenvalue weighted by atomic mass is 9.96. The molecule has 1 saturated heterocycles. The van der Waals surface area contributed by atoms with Crippen molar-refractivity contribution in [2.75, 3.05) is 41.1 Å². The van der Waals surface area contributed by atoms with Crippen LogP contribution in [0.3, 0.4) is 0 Å². The molecule has 2 atom stereocenters. The third-order valence-electron chi connectivity index (χ3n) is 4.88. The van der Waals surface area contributed by atoms with Crippen LogP contribution in [0.2, 0.25) is 0 Å². The monoisotopic (exact) mass is 387 g/mol. The van der Waals surface area contributed by atoms with E-state index in [0.29, 0.717) is 36.0 Å². The van der Waals surface area contributed by atoms with E-state index in [2.05, 4.69) is 0 Å². The fourth-order valence-corrected chi connectivity index (χ4v) is 3.44. The topological polar surface area (TPSA) is 77.5 Å². The quantitative estimate of drug-likeness (QED) is 0.820. The van der Waals surface area contributed by atoms with Crippen molar-refractivity contribution in [1.29, 1.82) is 0 Å². The number of aliphatic hydroxyl groups excluding tert-OH is 1.